The fraction of sp³-hybridized carbons (Fsp3) is 0.235. The molecule has 0 radical (unpaired) electrons. The summed E-state index contributed by atoms with van der Waals surface area (Å²) in [6.07, 6.45) is 0. The van der Waals surface area contributed by atoms with Gasteiger partial charge in [-0.05, 0) is 19.4 Å². The Kier molecular flexibility index (Phi) is 5.11. The van der Waals surface area contributed by atoms with Crippen LogP contribution >= 0.6 is 0 Å². The number of nitrogens with zero attached hydrogens (tertiary/aromatic N) is 2. The Hall–Kier alpha value is -3.29. The molecule has 0 atom stereocenters. The van der Waals surface area contributed by atoms with Crippen molar-refractivity contribution in [2.24, 2.45) is 0 Å². The highest BCUT2D eigenvalue weighted by molar-refractivity contribution is 6.07. The Morgan fingerprint density at radius 1 is 1.04 bits per heavy atom. The number of ether oxygens (including phenoxy) is 2. The van der Waals surface area contributed by atoms with Crippen LogP contribution in [0.1, 0.15) is 32.1 Å². The number of nitro groups is 1. The molecule has 130 valence electrons. The number of carbonyl (C=O) groups excluding carboxylic acids is 2. The van der Waals surface area contributed by atoms with Crippen molar-refractivity contribution in [3.05, 3.63) is 56.9 Å². The van der Waals surface area contributed by atoms with Crippen LogP contribution in [0, 0.1) is 24.0 Å². The Bertz CT molecular complexity index is 835. The first-order valence-corrected chi connectivity index (χ1v) is 7.24. The summed E-state index contributed by atoms with van der Waals surface area (Å²) in [5, 5.41) is 11.1. The zero-order valence-electron chi connectivity index (χ0n) is 14.2. The van der Waals surface area contributed by atoms with Gasteiger partial charge in [0.05, 0.1) is 41.7 Å². The topological polar surface area (TPSA) is 109 Å². The van der Waals surface area contributed by atoms with Crippen molar-refractivity contribution in [1.29, 1.82) is 0 Å². The van der Waals surface area contributed by atoms with Crippen molar-refractivity contribution in [3.8, 4) is 11.1 Å². The molecule has 0 N–H and O–H groups in total. The van der Waals surface area contributed by atoms with Crippen LogP contribution < -0.4 is 0 Å². The van der Waals surface area contributed by atoms with E-state index in [0.29, 0.717) is 17.0 Å². The number of rotatable bonds is 4. The van der Waals surface area contributed by atoms with Crippen LogP contribution in [0.5, 0.6) is 0 Å². The molecule has 0 saturated carbocycles. The molecular weight excluding hydrogens is 328 g/mol. The van der Waals surface area contributed by atoms with E-state index in [0.717, 1.165) is 0 Å². The number of benzene rings is 1. The highest BCUT2D eigenvalue weighted by atomic mass is 16.6. The molecule has 2 aromatic rings. The van der Waals surface area contributed by atoms with E-state index in [4.69, 9.17) is 9.47 Å². The second-order valence-corrected chi connectivity index (χ2v) is 5.20. The van der Waals surface area contributed by atoms with Crippen molar-refractivity contribution >= 4 is 17.6 Å². The molecule has 8 nitrogen and oxygen atoms in total. The number of hydrogen-bond acceptors (Lipinski definition) is 7. The number of methoxy groups -OCH3 is 2. The number of aromatic nitrogens is 1. The van der Waals surface area contributed by atoms with Gasteiger partial charge in [-0.25, -0.2) is 9.59 Å². The van der Waals surface area contributed by atoms with Gasteiger partial charge in [-0.2, -0.15) is 0 Å². The first-order valence-electron chi connectivity index (χ1n) is 7.24. The van der Waals surface area contributed by atoms with E-state index in [1.807, 2.05) is 0 Å². The SMILES string of the molecule is COC(=O)c1c(C)nc(C)c(C(=O)OC)c1-c1cccc([N+](=O)[O-])c1. The summed E-state index contributed by atoms with van der Waals surface area (Å²) in [4.78, 5) is 39.3. The Morgan fingerprint density at radius 2 is 1.56 bits per heavy atom. The Labute approximate surface area is 143 Å². The average Bonchev–Trinajstić information content (AvgIpc) is 2.59. The zero-order valence-corrected chi connectivity index (χ0v) is 14.2. The van der Waals surface area contributed by atoms with E-state index in [1.54, 1.807) is 19.9 Å². The summed E-state index contributed by atoms with van der Waals surface area (Å²) in [5.41, 5.74) is 1.17. The highest BCUT2D eigenvalue weighted by Gasteiger charge is 2.27. The molecular formula is C17H16N2O6. The van der Waals surface area contributed by atoms with Gasteiger partial charge in [-0.15, -0.1) is 0 Å². The van der Waals surface area contributed by atoms with Gasteiger partial charge >= 0.3 is 11.9 Å². The second kappa shape index (κ2) is 7.08. The number of hydrogen-bond donors (Lipinski definition) is 0. The maximum absolute atomic E-state index is 12.3. The fourth-order valence-electron chi connectivity index (χ4n) is 2.62. The summed E-state index contributed by atoms with van der Waals surface area (Å²) < 4.78 is 9.60. The zero-order chi connectivity index (χ0) is 18.7. The third-order valence-corrected chi connectivity index (χ3v) is 3.68. The molecule has 0 bridgehead atoms. The lowest BCUT2D eigenvalue weighted by atomic mass is 9.92. The molecule has 25 heavy (non-hydrogen) atoms. The number of non-ortho nitro benzene ring substituents is 1. The first-order chi connectivity index (χ1) is 11.8. The van der Waals surface area contributed by atoms with Crippen molar-refractivity contribution in [3.63, 3.8) is 0 Å². The fourth-order valence-corrected chi connectivity index (χ4v) is 2.62. The quantitative estimate of drug-likeness (QED) is 0.476. The summed E-state index contributed by atoms with van der Waals surface area (Å²) in [5.74, 6) is -1.40. The standard InChI is InChI=1S/C17H16N2O6/c1-9-13(16(20)24-3)15(14(10(2)18-9)17(21)25-4)11-6-5-7-12(8-11)19(22)23/h5-8H,1-4H3. The normalized spacial score (nSPS) is 10.2. The van der Waals surface area contributed by atoms with Crippen molar-refractivity contribution in [2.75, 3.05) is 14.2 Å². The predicted molar refractivity (Wildman–Crippen MR) is 88.5 cm³/mol. The van der Waals surface area contributed by atoms with E-state index < -0.39 is 16.9 Å². The minimum atomic E-state index is -0.698. The molecule has 0 amide bonds. The molecule has 1 heterocycles. The molecule has 0 fully saturated rings. The Morgan fingerprint density at radius 3 is 2.00 bits per heavy atom. The minimum Gasteiger partial charge on any atom is -0.465 e. The van der Waals surface area contributed by atoms with E-state index in [-0.39, 0.29) is 22.4 Å². The largest absolute Gasteiger partial charge is 0.465 e. The number of esters is 2. The maximum Gasteiger partial charge on any atom is 0.340 e. The molecule has 0 spiro atoms. The molecule has 8 heteroatoms. The van der Waals surface area contributed by atoms with Gasteiger partial charge in [0, 0.05) is 17.7 Å². The molecule has 2 rings (SSSR count). The van der Waals surface area contributed by atoms with Crippen LogP contribution in [0.2, 0.25) is 0 Å². The van der Waals surface area contributed by atoms with Gasteiger partial charge in [0.15, 0.2) is 0 Å². The molecule has 0 unspecified atom stereocenters. The van der Waals surface area contributed by atoms with E-state index in [2.05, 4.69) is 4.98 Å². The summed E-state index contributed by atoms with van der Waals surface area (Å²) >= 11 is 0. The lowest BCUT2D eigenvalue weighted by Crippen LogP contribution is -2.16. The van der Waals surface area contributed by atoms with Gasteiger partial charge < -0.3 is 9.47 Å². The number of carbonyl (C=O) groups is 2. The van der Waals surface area contributed by atoms with Crippen LogP contribution in [-0.4, -0.2) is 36.1 Å². The summed E-state index contributed by atoms with van der Waals surface area (Å²) in [7, 11) is 2.41. The maximum atomic E-state index is 12.3. The van der Waals surface area contributed by atoms with Crippen LogP contribution in [0.25, 0.3) is 11.1 Å². The molecule has 1 aromatic heterocycles. The monoisotopic (exact) mass is 344 g/mol. The molecule has 0 aliphatic rings. The number of aryl methyl sites for hydroxylation is 2. The van der Waals surface area contributed by atoms with E-state index in [9.17, 15) is 19.7 Å². The van der Waals surface area contributed by atoms with Gasteiger partial charge in [0.25, 0.3) is 5.69 Å². The summed E-state index contributed by atoms with van der Waals surface area (Å²) in [6.45, 7) is 3.20. The van der Waals surface area contributed by atoms with Gasteiger partial charge in [0.1, 0.15) is 0 Å². The van der Waals surface area contributed by atoms with E-state index >= 15 is 0 Å². The third kappa shape index (κ3) is 3.32. The van der Waals surface area contributed by atoms with Crippen LogP contribution in [-0.2, 0) is 9.47 Å². The van der Waals surface area contributed by atoms with E-state index in [1.165, 1.54) is 32.4 Å². The smallest absolute Gasteiger partial charge is 0.340 e. The van der Waals surface area contributed by atoms with Crippen molar-refractivity contribution in [1.82, 2.24) is 4.98 Å². The predicted octanol–water partition coefficient (Wildman–Crippen LogP) is 2.85. The minimum absolute atomic E-state index is 0.0639. The Balaban J connectivity index is 2.94. The first kappa shape index (κ1) is 18.1. The van der Waals surface area contributed by atoms with Gasteiger partial charge in [0.2, 0.25) is 0 Å². The number of pyridine rings is 1. The second-order valence-electron chi connectivity index (χ2n) is 5.20. The van der Waals surface area contributed by atoms with Crippen LogP contribution in [0.3, 0.4) is 0 Å². The van der Waals surface area contributed by atoms with Gasteiger partial charge in [-0.1, -0.05) is 12.1 Å². The molecule has 0 aliphatic carbocycles. The summed E-state index contributed by atoms with van der Waals surface area (Å²) in [6, 6.07) is 5.65. The number of nitro benzene ring substituents is 1. The molecule has 0 saturated heterocycles. The third-order valence-electron chi connectivity index (χ3n) is 3.68. The van der Waals surface area contributed by atoms with Gasteiger partial charge in [-0.3, -0.25) is 15.1 Å². The van der Waals surface area contributed by atoms with Crippen molar-refractivity contribution < 1.29 is 24.0 Å². The van der Waals surface area contributed by atoms with Crippen molar-refractivity contribution in [2.45, 2.75) is 13.8 Å². The average molecular weight is 344 g/mol. The highest BCUT2D eigenvalue weighted by Crippen LogP contribution is 2.34. The molecule has 1 aromatic carbocycles. The lowest BCUT2D eigenvalue weighted by Gasteiger charge is -2.16. The van der Waals surface area contributed by atoms with Crippen LogP contribution in [0.15, 0.2) is 24.3 Å². The lowest BCUT2D eigenvalue weighted by molar-refractivity contribution is -0.384. The molecule has 0 aliphatic heterocycles. The van der Waals surface area contributed by atoms with Crippen LogP contribution in [0.4, 0.5) is 5.69 Å².